The van der Waals surface area contributed by atoms with Crippen LogP contribution < -0.4 is 0 Å². The number of aryl methyl sites for hydroxylation is 3. The molecule has 2 aromatic rings. The monoisotopic (exact) mass is 348 g/mol. The lowest BCUT2D eigenvalue weighted by atomic mass is 10.1. The quantitative estimate of drug-likeness (QED) is 0.504. The highest BCUT2D eigenvalue weighted by Gasteiger charge is 2.00. The maximum absolute atomic E-state index is 2.42. The Morgan fingerprint density at radius 2 is 1.50 bits per heavy atom. The lowest BCUT2D eigenvalue weighted by Crippen LogP contribution is -1.87. The van der Waals surface area contributed by atoms with Gasteiger partial charge in [0.2, 0.25) is 0 Å². The molecular weight excluding hydrogens is 331 g/mol. The summed E-state index contributed by atoms with van der Waals surface area (Å²) in [7, 11) is 0. The maximum atomic E-state index is 2.42. The zero-order valence-corrected chi connectivity index (χ0v) is 13.2. The van der Waals surface area contributed by atoms with Gasteiger partial charge in [0.25, 0.3) is 0 Å². The molecule has 2 rings (SSSR count). The molecule has 0 amide bonds. The normalized spacial score (nSPS) is 11.1. The minimum atomic E-state index is 1.25. The third-order valence-corrected chi connectivity index (χ3v) is 4.43. The predicted molar refractivity (Wildman–Crippen MR) is 88.7 cm³/mol. The average Bonchev–Trinajstić information content (AvgIpc) is 2.34. The van der Waals surface area contributed by atoms with E-state index >= 15 is 0 Å². The standard InChI is InChI=1S/C17H17I/c1-12-4-6-15(7-5-12)8-9-16-11-13(2)10-14(3)17(16)18/h4-11H,1-3H3/b9-8+. The second-order valence-electron chi connectivity index (χ2n) is 4.73. The Labute approximate surface area is 123 Å². The van der Waals surface area contributed by atoms with Crippen molar-refractivity contribution in [2.45, 2.75) is 20.8 Å². The van der Waals surface area contributed by atoms with Crippen molar-refractivity contribution in [2.24, 2.45) is 0 Å². The highest BCUT2D eigenvalue weighted by molar-refractivity contribution is 14.1. The molecule has 0 bridgehead atoms. The minimum absolute atomic E-state index is 1.25. The molecule has 18 heavy (non-hydrogen) atoms. The number of hydrogen-bond donors (Lipinski definition) is 0. The molecule has 0 unspecified atom stereocenters. The summed E-state index contributed by atoms with van der Waals surface area (Å²) >= 11 is 2.42. The first-order valence-corrected chi connectivity index (χ1v) is 7.15. The smallest absolute Gasteiger partial charge is 0.0232 e. The van der Waals surface area contributed by atoms with Crippen LogP contribution in [0.15, 0.2) is 36.4 Å². The zero-order chi connectivity index (χ0) is 13.1. The molecule has 0 aliphatic heterocycles. The van der Waals surface area contributed by atoms with Crippen molar-refractivity contribution in [3.05, 3.63) is 67.8 Å². The molecule has 0 fully saturated rings. The Kier molecular flexibility index (Phi) is 4.23. The van der Waals surface area contributed by atoms with E-state index in [-0.39, 0.29) is 0 Å². The van der Waals surface area contributed by atoms with Gasteiger partial charge in [-0.05, 0) is 60.1 Å². The van der Waals surface area contributed by atoms with Gasteiger partial charge in [0, 0.05) is 3.57 Å². The molecule has 0 aliphatic rings. The van der Waals surface area contributed by atoms with Crippen LogP contribution in [0.3, 0.4) is 0 Å². The number of rotatable bonds is 2. The van der Waals surface area contributed by atoms with Crippen LogP contribution in [0, 0.1) is 24.3 Å². The number of benzene rings is 2. The summed E-state index contributed by atoms with van der Waals surface area (Å²) in [6, 6.07) is 13.1. The fraction of sp³-hybridized carbons (Fsp3) is 0.176. The summed E-state index contributed by atoms with van der Waals surface area (Å²) in [5.41, 5.74) is 6.51. The fourth-order valence-electron chi connectivity index (χ4n) is 1.97. The molecular formula is C17H17I. The van der Waals surface area contributed by atoms with Gasteiger partial charge in [-0.1, -0.05) is 59.7 Å². The fourth-order valence-corrected chi connectivity index (χ4v) is 2.46. The highest BCUT2D eigenvalue weighted by atomic mass is 127. The zero-order valence-electron chi connectivity index (χ0n) is 11.0. The van der Waals surface area contributed by atoms with E-state index in [2.05, 4.69) is 91.9 Å². The summed E-state index contributed by atoms with van der Waals surface area (Å²) in [6.45, 7) is 6.42. The number of halogens is 1. The summed E-state index contributed by atoms with van der Waals surface area (Å²) in [6.07, 6.45) is 4.38. The lowest BCUT2D eigenvalue weighted by Gasteiger charge is -2.05. The van der Waals surface area contributed by atoms with Crippen LogP contribution >= 0.6 is 22.6 Å². The third-order valence-electron chi connectivity index (χ3n) is 2.96. The van der Waals surface area contributed by atoms with Crippen LogP contribution in [-0.2, 0) is 0 Å². The van der Waals surface area contributed by atoms with Gasteiger partial charge in [-0.15, -0.1) is 0 Å². The van der Waals surface area contributed by atoms with Gasteiger partial charge in [-0.25, -0.2) is 0 Å². The molecule has 0 N–H and O–H groups in total. The van der Waals surface area contributed by atoms with Crippen molar-refractivity contribution < 1.29 is 0 Å². The molecule has 1 heteroatoms. The maximum Gasteiger partial charge on any atom is 0.0232 e. The first kappa shape index (κ1) is 13.3. The average molecular weight is 348 g/mol. The van der Waals surface area contributed by atoms with Gasteiger partial charge in [-0.3, -0.25) is 0 Å². The van der Waals surface area contributed by atoms with Crippen molar-refractivity contribution in [1.82, 2.24) is 0 Å². The topological polar surface area (TPSA) is 0 Å². The van der Waals surface area contributed by atoms with Crippen LogP contribution in [0.1, 0.15) is 27.8 Å². The van der Waals surface area contributed by atoms with Crippen molar-refractivity contribution >= 4 is 34.7 Å². The van der Waals surface area contributed by atoms with E-state index in [4.69, 9.17) is 0 Å². The van der Waals surface area contributed by atoms with Crippen LogP contribution in [0.4, 0.5) is 0 Å². The number of hydrogen-bond acceptors (Lipinski definition) is 0. The van der Waals surface area contributed by atoms with E-state index in [1.165, 1.54) is 31.4 Å². The van der Waals surface area contributed by atoms with Crippen LogP contribution in [0.5, 0.6) is 0 Å². The van der Waals surface area contributed by atoms with Gasteiger partial charge in [-0.2, -0.15) is 0 Å². The Balaban J connectivity index is 2.31. The minimum Gasteiger partial charge on any atom is -0.0587 e. The second-order valence-corrected chi connectivity index (χ2v) is 5.81. The SMILES string of the molecule is Cc1ccc(/C=C/c2cc(C)cc(C)c2I)cc1. The molecule has 92 valence electrons. The van der Waals surface area contributed by atoms with Gasteiger partial charge in [0.1, 0.15) is 0 Å². The molecule has 0 aliphatic carbocycles. The van der Waals surface area contributed by atoms with Crippen LogP contribution in [-0.4, -0.2) is 0 Å². The van der Waals surface area contributed by atoms with E-state index in [1.807, 2.05) is 0 Å². The first-order valence-electron chi connectivity index (χ1n) is 6.08. The molecule has 0 spiro atoms. The molecule has 0 atom stereocenters. The predicted octanol–water partition coefficient (Wildman–Crippen LogP) is 5.39. The van der Waals surface area contributed by atoms with Crippen molar-refractivity contribution in [1.29, 1.82) is 0 Å². The Bertz CT molecular complexity index is 577. The van der Waals surface area contributed by atoms with Crippen molar-refractivity contribution in [2.75, 3.05) is 0 Å². The molecule has 0 radical (unpaired) electrons. The largest absolute Gasteiger partial charge is 0.0587 e. The molecule has 0 aromatic heterocycles. The van der Waals surface area contributed by atoms with E-state index in [0.29, 0.717) is 0 Å². The van der Waals surface area contributed by atoms with Crippen LogP contribution in [0.2, 0.25) is 0 Å². The molecule has 0 saturated carbocycles. The van der Waals surface area contributed by atoms with Crippen LogP contribution in [0.25, 0.3) is 12.2 Å². The van der Waals surface area contributed by atoms with Gasteiger partial charge in [0.05, 0.1) is 0 Å². The summed E-state index contributed by atoms with van der Waals surface area (Å²) in [5.74, 6) is 0. The Hall–Kier alpha value is -1.09. The Morgan fingerprint density at radius 3 is 2.17 bits per heavy atom. The summed E-state index contributed by atoms with van der Waals surface area (Å²) in [5, 5.41) is 0. The summed E-state index contributed by atoms with van der Waals surface area (Å²) < 4.78 is 1.33. The van der Waals surface area contributed by atoms with Gasteiger partial charge >= 0.3 is 0 Å². The Morgan fingerprint density at radius 1 is 0.833 bits per heavy atom. The highest BCUT2D eigenvalue weighted by Crippen LogP contribution is 2.21. The summed E-state index contributed by atoms with van der Waals surface area (Å²) in [4.78, 5) is 0. The van der Waals surface area contributed by atoms with E-state index < -0.39 is 0 Å². The molecule has 0 saturated heterocycles. The first-order chi connectivity index (χ1) is 8.56. The third kappa shape index (κ3) is 3.22. The molecule has 2 aromatic carbocycles. The second kappa shape index (κ2) is 5.70. The van der Waals surface area contributed by atoms with E-state index in [9.17, 15) is 0 Å². The van der Waals surface area contributed by atoms with Gasteiger partial charge in [0.15, 0.2) is 0 Å². The van der Waals surface area contributed by atoms with Crippen molar-refractivity contribution in [3.8, 4) is 0 Å². The van der Waals surface area contributed by atoms with Crippen molar-refractivity contribution in [3.63, 3.8) is 0 Å². The van der Waals surface area contributed by atoms with E-state index in [1.54, 1.807) is 0 Å². The van der Waals surface area contributed by atoms with Gasteiger partial charge < -0.3 is 0 Å². The molecule has 0 nitrogen and oxygen atoms in total. The lowest BCUT2D eigenvalue weighted by molar-refractivity contribution is 1.34. The molecule has 0 heterocycles. The van der Waals surface area contributed by atoms with E-state index in [0.717, 1.165) is 0 Å².